The molecular weight excluding hydrogens is 256 g/mol. The van der Waals surface area contributed by atoms with Crippen LogP contribution in [0.25, 0.3) is 0 Å². The van der Waals surface area contributed by atoms with E-state index in [0.717, 1.165) is 12.1 Å². The van der Waals surface area contributed by atoms with Gasteiger partial charge < -0.3 is 20.5 Å². The van der Waals surface area contributed by atoms with Gasteiger partial charge in [0.05, 0.1) is 7.11 Å². The topological polar surface area (TPSA) is 73.6 Å². The van der Waals surface area contributed by atoms with E-state index >= 15 is 0 Å². The predicted octanol–water partition coefficient (Wildman–Crippen LogP) is 1.59. The number of rotatable bonds is 8. The minimum absolute atomic E-state index is 0.448. The minimum atomic E-state index is -0.609. The highest BCUT2D eigenvalue weighted by Gasteiger charge is 2.22. The summed E-state index contributed by atoms with van der Waals surface area (Å²) in [7, 11) is 1.60. The van der Waals surface area contributed by atoms with Gasteiger partial charge in [-0.2, -0.15) is 0 Å². The number of carbonyl (C=O) groups is 1. The Balaban J connectivity index is 2.14. The van der Waals surface area contributed by atoms with E-state index in [0.29, 0.717) is 24.0 Å². The van der Waals surface area contributed by atoms with Crippen molar-refractivity contribution in [2.24, 2.45) is 5.73 Å². The molecule has 1 unspecified atom stereocenters. The second kappa shape index (κ2) is 6.61. The zero-order chi connectivity index (χ0) is 14.5. The van der Waals surface area contributed by atoms with Crippen molar-refractivity contribution < 1.29 is 14.3 Å². The minimum Gasteiger partial charge on any atom is -0.497 e. The maximum absolute atomic E-state index is 11.3. The van der Waals surface area contributed by atoms with E-state index in [9.17, 15) is 4.79 Å². The number of methoxy groups -OCH3 is 1. The lowest BCUT2D eigenvalue weighted by atomic mass is 10.1. The molecule has 1 fully saturated rings. The highest BCUT2D eigenvalue weighted by molar-refractivity contribution is 5.79. The fraction of sp³-hybridized carbons (Fsp3) is 0.533. The van der Waals surface area contributed by atoms with Gasteiger partial charge in [0, 0.05) is 24.2 Å². The number of ether oxygens (including phenoxy) is 2. The molecule has 1 atom stereocenters. The first-order valence-electron chi connectivity index (χ1n) is 7.00. The van der Waals surface area contributed by atoms with Gasteiger partial charge in [-0.25, -0.2) is 0 Å². The van der Waals surface area contributed by atoms with E-state index in [4.69, 9.17) is 15.2 Å². The van der Waals surface area contributed by atoms with Crippen molar-refractivity contribution in [1.82, 2.24) is 5.32 Å². The molecule has 0 saturated heterocycles. The molecule has 1 aliphatic rings. The van der Waals surface area contributed by atoms with Crippen LogP contribution in [0.5, 0.6) is 11.5 Å². The molecule has 0 heterocycles. The molecule has 0 spiro atoms. The Morgan fingerprint density at radius 1 is 1.50 bits per heavy atom. The summed E-state index contributed by atoms with van der Waals surface area (Å²) in [6.45, 7) is 2.59. The van der Waals surface area contributed by atoms with Gasteiger partial charge in [0.15, 0.2) is 6.10 Å². The van der Waals surface area contributed by atoms with E-state index in [-0.39, 0.29) is 0 Å². The number of nitrogens with one attached hydrogen (secondary N) is 1. The Morgan fingerprint density at radius 2 is 2.25 bits per heavy atom. The zero-order valence-electron chi connectivity index (χ0n) is 12.0. The second-order valence-electron chi connectivity index (χ2n) is 5.05. The van der Waals surface area contributed by atoms with E-state index in [1.165, 1.54) is 12.8 Å². The van der Waals surface area contributed by atoms with Crippen molar-refractivity contribution in [2.75, 3.05) is 7.11 Å². The number of hydrogen-bond acceptors (Lipinski definition) is 4. The molecule has 1 saturated carbocycles. The van der Waals surface area contributed by atoms with Crippen molar-refractivity contribution in [3.63, 3.8) is 0 Å². The average molecular weight is 278 g/mol. The average Bonchev–Trinajstić information content (AvgIpc) is 3.26. The molecule has 5 heteroatoms. The lowest BCUT2D eigenvalue weighted by molar-refractivity contribution is -0.124. The second-order valence-corrected chi connectivity index (χ2v) is 5.05. The van der Waals surface area contributed by atoms with Gasteiger partial charge in [-0.15, -0.1) is 0 Å². The van der Waals surface area contributed by atoms with Gasteiger partial charge in [0.2, 0.25) is 0 Å². The molecule has 0 aliphatic heterocycles. The van der Waals surface area contributed by atoms with Crippen LogP contribution >= 0.6 is 0 Å². The molecule has 1 aliphatic carbocycles. The third-order valence-corrected chi connectivity index (χ3v) is 3.39. The van der Waals surface area contributed by atoms with Crippen LogP contribution in [0.4, 0.5) is 0 Å². The summed E-state index contributed by atoms with van der Waals surface area (Å²) in [6.07, 6.45) is 2.39. The Bertz CT molecular complexity index is 472. The summed E-state index contributed by atoms with van der Waals surface area (Å²) in [4.78, 5) is 11.3. The van der Waals surface area contributed by atoms with Crippen LogP contribution in [0, 0.1) is 0 Å². The van der Waals surface area contributed by atoms with E-state index in [1.807, 2.05) is 19.1 Å². The first-order valence-corrected chi connectivity index (χ1v) is 7.00. The number of hydrogen-bond donors (Lipinski definition) is 2. The fourth-order valence-electron chi connectivity index (χ4n) is 1.96. The van der Waals surface area contributed by atoms with Crippen molar-refractivity contribution in [3.05, 3.63) is 23.8 Å². The van der Waals surface area contributed by atoms with Gasteiger partial charge >= 0.3 is 0 Å². The first-order chi connectivity index (χ1) is 9.63. The molecule has 1 aromatic rings. The Kier molecular flexibility index (Phi) is 4.84. The maximum atomic E-state index is 11.3. The molecular formula is C15H22N2O3. The monoisotopic (exact) mass is 278 g/mol. The summed E-state index contributed by atoms with van der Waals surface area (Å²) >= 11 is 0. The van der Waals surface area contributed by atoms with Gasteiger partial charge in [-0.3, -0.25) is 4.79 Å². The van der Waals surface area contributed by atoms with E-state index in [2.05, 4.69) is 5.32 Å². The Labute approximate surface area is 119 Å². The van der Waals surface area contributed by atoms with Crippen LogP contribution in [0.1, 0.15) is 31.7 Å². The third-order valence-electron chi connectivity index (χ3n) is 3.39. The molecule has 20 heavy (non-hydrogen) atoms. The Morgan fingerprint density at radius 3 is 2.80 bits per heavy atom. The maximum Gasteiger partial charge on any atom is 0.258 e. The van der Waals surface area contributed by atoms with Crippen LogP contribution in [0.3, 0.4) is 0 Å². The third kappa shape index (κ3) is 3.87. The van der Waals surface area contributed by atoms with E-state index in [1.54, 1.807) is 13.2 Å². The smallest absolute Gasteiger partial charge is 0.258 e. The quantitative estimate of drug-likeness (QED) is 0.757. The summed E-state index contributed by atoms with van der Waals surface area (Å²) in [5.74, 6) is 0.911. The van der Waals surface area contributed by atoms with Crippen LogP contribution < -0.4 is 20.5 Å². The van der Waals surface area contributed by atoms with Crippen LogP contribution in [-0.4, -0.2) is 25.2 Å². The predicted molar refractivity (Wildman–Crippen MR) is 76.8 cm³/mol. The SMILES string of the molecule is CCC(Oc1cc(OC)ccc1CNC1CC1)C(N)=O. The zero-order valence-corrected chi connectivity index (χ0v) is 12.0. The highest BCUT2D eigenvalue weighted by Crippen LogP contribution is 2.27. The molecule has 1 amide bonds. The number of nitrogens with two attached hydrogens (primary N) is 1. The molecule has 5 nitrogen and oxygen atoms in total. The number of benzene rings is 1. The van der Waals surface area contributed by atoms with Gasteiger partial charge in [-0.05, 0) is 25.3 Å². The van der Waals surface area contributed by atoms with Crippen molar-refractivity contribution in [2.45, 2.75) is 44.9 Å². The summed E-state index contributed by atoms with van der Waals surface area (Å²) in [6, 6.07) is 6.26. The summed E-state index contributed by atoms with van der Waals surface area (Å²) < 4.78 is 11.0. The normalized spacial score (nSPS) is 15.7. The Hall–Kier alpha value is -1.75. The number of primary amides is 1. The van der Waals surface area contributed by atoms with Crippen molar-refractivity contribution in [3.8, 4) is 11.5 Å². The molecule has 110 valence electrons. The molecule has 0 bridgehead atoms. The standard InChI is InChI=1S/C15H22N2O3/c1-3-13(15(16)18)20-14-8-12(19-2)7-4-10(14)9-17-11-5-6-11/h4,7-8,11,13,17H,3,5-6,9H2,1-2H3,(H2,16,18). The molecule has 2 rings (SSSR count). The van der Waals surface area contributed by atoms with Crippen molar-refractivity contribution >= 4 is 5.91 Å². The highest BCUT2D eigenvalue weighted by atomic mass is 16.5. The first kappa shape index (κ1) is 14.7. The summed E-state index contributed by atoms with van der Waals surface area (Å²) in [5.41, 5.74) is 6.35. The van der Waals surface area contributed by atoms with Gasteiger partial charge in [0.25, 0.3) is 5.91 Å². The number of carbonyl (C=O) groups excluding carboxylic acids is 1. The lowest BCUT2D eigenvalue weighted by Gasteiger charge is -2.18. The fourth-order valence-corrected chi connectivity index (χ4v) is 1.96. The largest absolute Gasteiger partial charge is 0.497 e. The van der Waals surface area contributed by atoms with Crippen LogP contribution in [0.2, 0.25) is 0 Å². The van der Waals surface area contributed by atoms with Gasteiger partial charge in [0.1, 0.15) is 11.5 Å². The summed E-state index contributed by atoms with van der Waals surface area (Å²) in [5, 5.41) is 3.43. The van der Waals surface area contributed by atoms with Crippen LogP contribution in [0.15, 0.2) is 18.2 Å². The van der Waals surface area contributed by atoms with E-state index < -0.39 is 12.0 Å². The van der Waals surface area contributed by atoms with Crippen LogP contribution in [-0.2, 0) is 11.3 Å². The molecule has 1 aromatic carbocycles. The number of amides is 1. The molecule has 0 radical (unpaired) electrons. The molecule has 0 aromatic heterocycles. The van der Waals surface area contributed by atoms with Crippen molar-refractivity contribution in [1.29, 1.82) is 0 Å². The molecule has 3 N–H and O–H groups in total. The lowest BCUT2D eigenvalue weighted by Crippen LogP contribution is -2.33. The van der Waals surface area contributed by atoms with Gasteiger partial charge in [-0.1, -0.05) is 13.0 Å².